The maximum absolute atomic E-state index is 5.80. The Hall–Kier alpha value is -0.820. The second-order valence-corrected chi connectivity index (χ2v) is 4.11. The van der Waals surface area contributed by atoms with Gasteiger partial charge in [-0.15, -0.1) is 0 Å². The van der Waals surface area contributed by atoms with Crippen molar-refractivity contribution in [2.45, 2.75) is 45.1 Å². The predicted octanol–water partition coefficient (Wildman–Crippen LogP) is 4.02. The van der Waals surface area contributed by atoms with Crippen LogP contribution >= 0.6 is 0 Å². The first-order valence-electron chi connectivity index (χ1n) is 5.91. The van der Waals surface area contributed by atoms with Crippen LogP contribution in [0, 0.1) is 0 Å². The van der Waals surface area contributed by atoms with Crippen LogP contribution in [0.15, 0.2) is 36.5 Å². The van der Waals surface area contributed by atoms with Crippen molar-refractivity contribution < 1.29 is 4.74 Å². The third-order valence-electron chi connectivity index (χ3n) is 2.69. The first-order chi connectivity index (χ1) is 7.33. The lowest BCUT2D eigenvalue weighted by Gasteiger charge is -2.21. The molecule has 0 spiro atoms. The number of rotatable bonds is 5. The first-order valence-corrected chi connectivity index (χ1v) is 5.91. The van der Waals surface area contributed by atoms with Gasteiger partial charge in [-0.1, -0.05) is 50.1 Å². The highest BCUT2D eigenvalue weighted by atomic mass is 16.5. The van der Waals surface area contributed by atoms with Gasteiger partial charge < -0.3 is 4.74 Å². The SMILES string of the molecule is C=C(/C=C\C=C/C)COC1CCCCC1. The van der Waals surface area contributed by atoms with E-state index in [0.717, 1.165) is 5.57 Å². The molecule has 1 saturated carbocycles. The van der Waals surface area contributed by atoms with E-state index in [-0.39, 0.29) is 0 Å². The van der Waals surface area contributed by atoms with E-state index in [9.17, 15) is 0 Å². The molecular formula is C14H22O. The summed E-state index contributed by atoms with van der Waals surface area (Å²) >= 11 is 0. The number of ether oxygens (including phenoxy) is 1. The molecule has 0 aromatic carbocycles. The van der Waals surface area contributed by atoms with E-state index >= 15 is 0 Å². The zero-order valence-electron chi connectivity index (χ0n) is 9.74. The summed E-state index contributed by atoms with van der Waals surface area (Å²) < 4.78 is 5.80. The molecule has 15 heavy (non-hydrogen) atoms. The average Bonchev–Trinajstić information content (AvgIpc) is 2.28. The Labute approximate surface area is 93.5 Å². The normalized spacial score (nSPS) is 19.0. The maximum atomic E-state index is 5.80. The summed E-state index contributed by atoms with van der Waals surface area (Å²) in [5, 5.41) is 0. The number of allylic oxidation sites excluding steroid dienone is 3. The molecule has 1 heteroatoms. The fourth-order valence-electron chi connectivity index (χ4n) is 1.81. The lowest BCUT2D eigenvalue weighted by Crippen LogP contribution is -2.17. The molecule has 0 unspecified atom stereocenters. The topological polar surface area (TPSA) is 9.23 Å². The maximum Gasteiger partial charge on any atom is 0.0714 e. The van der Waals surface area contributed by atoms with Gasteiger partial charge in [0.2, 0.25) is 0 Å². The van der Waals surface area contributed by atoms with Crippen LogP contribution in [0.25, 0.3) is 0 Å². The Bertz CT molecular complexity index is 232. The fourth-order valence-corrected chi connectivity index (χ4v) is 1.81. The van der Waals surface area contributed by atoms with Gasteiger partial charge in [0.15, 0.2) is 0 Å². The molecule has 0 radical (unpaired) electrons. The number of hydrogen-bond donors (Lipinski definition) is 0. The summed E-state index contributed by atoms with van der Waals surface area (Å²) in [6.45, 7) is 6.65. The summed E-state index contributed by atoms with van der Waals surface area (Å²) in [4.78, 5) is 0. The lowest BCUT2D eigenvalue weighted by atomic mass is 9.98. The molecule has 1 aliphatic rings. The highest BCUT2D eigenvalue weighted by Crippen LogP contribution is 2.20. The van der Waals surface area contributed by atoms with Crippen LogP contribution in [0.2, 0.25) is 0 Å². The highest BCUT2D eigenvalue weighted by Gasteiger charge is 2.13. The molecule has 1 rings (SSSR count). The minimum atomic E-state index is 0.477. The summed E-state index contributed by atoms with van der Waals surface area (Å²) in [5.74, 6) is 0. The zero-order chi connectivity index (χ0) is 10.9. The molecule has 0 bridgehead atoms. The van der Waals surface area contributed by atoms with Crippen LogP contribution < -0.4 is 0 Å². The smallest absolute Gasteiger partial charge is 0.0714 e. The van der Waals surface area contributed by atoms with Crippen LogP contribution in [0.1, 0.15) is 39.0 Å². The summed E-state index contributed by atoms with van der Waals surface area (Å²) in [6.07, 6.45) is 15.0. The standard InChI is InChI=1S/C14H22O/c1-3-4-6-9-13(2)12-15-14-10-7-5-8-11-14/h3-4,6,9,14H,2,5,7-8,10-12H2,1H3/b4-3-,9-6-. The van der Waals surface area contributed by atoms with Crippen molar-refractivity contribution in [3.63, 3.8) is 0 Å². The van der Waals surface area contributed by atoms with E-state index in [0.29, 0.717) is 12.7 Å². The minimum absolute atomic E-state index is 0.477. The van der Waals surface area contributed by atoms with Gasteiger partial charge in [0.05, 0.1) is 12.7 Å². The molecule has 0 saturated heterocycles. The van der Waals surface area contributed by atoms with Crippen molar-refractivity contribution in [2.24, 2.45) is 0 Å². The van der Waals surface area contributed by atoms with Crippen LogP contribution in [0.5, 0.6) is 0 Å². The van der Waals surface area contributed by atoms with E-state index in [1.807, 2.05) is 31.2 Å². The molecule has 0 aliphatic heterocycles. The van der Waals surface area contributed by atoms with Gasteiger partial charge in [-0.25, -0.2) is 0 Å². The Kier molecular flexibility index (Phi) is 6.10. The van der Waals surface area contributed by atoms with Gasteiger partial charge in [0.1, 0.15) is 0 Å². The molecule has 0 aromatic rings. The average molecular weight is 206 g/mol. The lowest BCUT2D eigenvalue weighted by molar-refractivity contribution is 0.0439. The summed E-state index contributed by atoms with van der Waals surface area (Å²) in [7, 11) is 0. The molecule has 0 amide bonds. The van der Waals surface area contributed by atoms with Crippen LogP contribution in [0.4, 0.5) is 0 Å². The van der Waals surface area contributed by atoms with Crippen molar-refractivity contribution >= 4 is 0 Å². The molecule has 1 fully saturated rings. The van der Waals surface area contributed by atoms with E-state index in [1.54, 1.807) is 0 Å². The molecule has 1 aliphatic carbocycles. The van der Waals surface area contributed by atoms with Gasteiger partial charge in [-0.2, -0.15) is 0 Å². The first kappa shape index (κ1) is 12.3. The monoisotopic (exact) mass is 206 g/mol. The molecule has 0 atom stereocenters. The minimum Gasteiger partial charge on any atom is -0.374 e. The van der Waals surface area contributed by atoms with E-state index in [4.69, 9.17) is 4.74 Å². The summed E-state index contributed by atoms with van der Waals surface area (Å²) in [5.41, 5.74) is 1.05. The van der Waals surface area contributed by atoms with Crippen molar-refractivity contribution in [2.75, 3.05) is 6.61 Å². The predicted molar refractivity (Wildman–Crippen MR) is 65.9 cm³/mol. The van der Waals surface area contributed by atoms with E-state index in [2.05, 4.69) is 6.58 Å². The second kappa shape index (κ2) is 7.47. The second-order valence-electron chi connectivity index (χ2n) is 4.11. The van der Waals surface area contributed by atoms with Crippen LogP contribution in [-0.4, -0.2) is 12.7 Å². The third kappa shape index (κ3) is 5.58. The molecular weight excluding hydrogens is 184 g/mol. The van der Waals surface area contributed by atoms with Crippen molar-refractivity contribution in [3.8, 4) is 0 Å². The van der Waals surface area contributed by atoms with Crippen LogP contribution in [-0.2, 0) is 4.74 Å². The van der Waals surface area contributed by atoms with Gasteiger partial charge in [0.25, 0.3) is 0 Å². The highest BCUT2D eigenvalue weighted by molar-refractivity contribution is 5.19. The van der Waals surface area contributed by atoms with Gasteiger partial charge >= 0.3 is 0 Å². The van der Waals surface area contributed by atoms with Crippen molar-refractivity contribution in [1.29, 1.82) is 0 Å². The molecule has 84 valence electrons. The molecule has 0 heterocycles. The zero-order valence-corrected chi connectivity index (χ0v) is 9.74. The Morgan fingerprint density at radius 2 is 2.00 bits per heavy atom. The third-order valence-corrected chi connectivity index (χ3v) is 2.69. The summed E-state index contributed by atoms with van der Waals surface area (Å²) in [6, 6.07) is 0. The van der Waals surface area contributed by atoms with Crippen molar-refractivity contribution in [1.82, 2.24) is 0 Å². The van der Waals surface area contributed by atoms with Gasteiger partial charge in [-0.05, 0) is 25.3 Å². The largest absolute Gasteiger partial charge is 0.374 e. The van der Waals surface area contributed by atoms with E-state index in [1.165, 1.54) is 32.1 Å². The van der Waals surface area contributed by atoms with Crippen molar-refractivity contribution in [3.05, 3.63) is 36.5 Å². The number of hydrogen-bond acceptors (Lipinski definition) is 1. The van der Waals surface area contributed by atoms with Crippen LogP contribution in [0.3, 0.4) is 0 Å². The Morgan fingerprint density at radius 1 is 1.27 bits per heavy atom. The fraction of sp³-hybridized carbons (Fsp3) is 0.571. The van der Waals surface area contributed by atoms with Gasteiger partial charge in [-0.3, -0.25) is 0 Å². The van der Waals surface area contributed by atoms with E-state index < -0.39 is 0 Å². The Morgan fingerprint density at radius 3 is 2.67 bits per heavy atom. The molecule has 1 nitrogen and oxygen atoms in total. The molecule has 0 N–H and O–H groups in total. The quantitative estimate of drug-likeness (QED) is 0.617. The van der Waals surface area contributed by atoms with Gasteiger partial charge in [0, 0.05) is 0 Å². The Balaban J connectivity index is 2.15. The molecule has 0 aromatic heterocycles.